The van der Waals surface area contributed by atoms with Gasteiger partial charge < -0.3 is 14.8 Å². The van der Waals surface area contributed by atoms with Crippen LogP contribution in [0.5, 0.6) is 11.5 Å². The molecule has 0 aliphatic carbocycles. The zero-order valence-corrected chi connectivity index (χ0v) is 16.3. The van der Waals surface area contributed by atoms with Crippen LogP contribution >= 0.6 is 11.6 Å². The highest BCUT2D eigenvalue weighted by Crippen LogP contribution is 2.32. The van der Waals surface area contributed by atoms with Crippen LogP contribution in [0.25, 0.3) is 6.08 Å². The fourth-order valence-corrected chi connectivity index (χ4v) is 3.13. The molecule has 1 amide bonds. The highest BCUT2D eigenvalue weighted by atomic mass is 35.5. The Morgan fingerprint density at radius 2 is 1.88 bits per heavy atom. The summed E-state index contributed by atoms with van der Waals surface area (Å²) < 4.78 is 10.7. The van der Waals surface area contributed by atoms with Gasteiger partial charge in [0, 0.05) is 22.3 Å². The molecule has 5 heteroatoms. The number of aryl methyl sites for hydroxylation is 1. The van der Waals surface area contributed by atoms with E-state index in [4.69, 9.17) is 21.1 Å². The summed E-state index contributed by atoms with van der Waals surface area (Å²) in [6.07, 6.45) is 4.75. The first-order valence-electron chi connectivity index (χ1n) is 8.55. The second-order valence-corrected chi connectivity index (χ2v) is 6.08. The van der Waals surface area contributed by atoms with Crippen molar-refractivity contribution in [1.82, 2.24) is 0 Å². The number of hydrogen-bond donors (Lipinski definition) is 1. The minimum absolute atomic E-state index is 0.221. The highest BCUT2D eigenvalue weighted by molar-refractivity contribution is 6.32. The molecule has 2 rings (SSSR count). The number of carbonyl (C=O) groups excluding carboxylic acids is 1. The number of para-hydroxylation sites is 1. The van der Waals surface area contributed by atoms with Gasteiger partial charge in [0.15, 0.2) is 11.5 Å². The van der Waals surface area contributed by atoms with E-state index < -0.39 is 0 Å². The molecule has 138 valence electrons. The normalized spacial score (nSPS) is 10.8. The topological polar surface area (TPSA) is 47.6 Å². The highest BCUT2D eigenvalue weighted by Gasteiger charge is 2.12. The van der Waals surface area contributed by atoms with Crippen LogP contribution in [-0.2, 0) is 17.6 Å². The molecule has 0 aromatic heterocycles. The quantitative estimate of drug-likeness (QED) is 0.684. The molecule has 0 spiro atoms. The van der Waals surface area contributed by atoms with Gasteiger partial charge in [-0.3, -0.25) is 4.79 Å². The zero-order valence-electron chi connectivity index (χ0n) is 15.6. The number of rotatable bonds is 7. The largest absolute Gasteiger partial charge is 0.493 e. The molecule has 0 unspecified atom stereocenters. The van der Waals surface area contributed by atoms with Crippen molar-refractivity contribution in [2.45, 2.75) is 26.7 Å². The van der Waals surface area contributed by atoms with Gasteiger partial charge in [-0.05, 0) is 42.2 Å². The Bertz CT molecular complexity index is 815. The molecular weight excluding hydrogens is 350 g/mol. The van der Waals surface area contributed by atoms with E-state index >= 15 is 0 Å². The Morgan fingerprint density at radius 3 is 2.50 bits per heavy atom. The summed E-state index contributed by atoms with van der Waals surface area (Å²) in [5.74, 6) is 0.985. The third-order valence-electron chi connectivity index (χ3n) is 4.17. The molecule has 0 radical (unpaired) electrons. The van der Waals surface area contributed by atoms with E-state index in [-0.39, 0.29) is 5.91 Å². The molecule has 0 fully saturated rings. The van der Waals surface area contributed by atoms with Crippen molar-refractivity contribution < 1.29 is 14.3 Å². The molecule has 0 bridgehead atoms. The minimum Gasteiger partial charge on any atom is -0.493 e. The third kappa shape index (κ3) is 4.38. The fourth-order valence-electron chi connectivity index (χ4n) is 2.84. The Hall–Kier alpha value is -2.46. The van der Waals surface area contributed by atoms with Crippen molar-refractivity contribution >= 4 is 29.3 Å². The van der Waals surface area contributed by atoms with Crippen molar-refractivity contribution in [3.05, 3.63) is 58.1 Å². The lowest BCUT2D eigenvalue weighted by Crippen LogP contribution is -2.12. The smallest absolute Gasteiger partial charge is 0.248 e. The second-order valence-electron chi connectivity index (χ2n) is 5.67. The average molecular weight is 374 g/mol. The molecule has 2 aromatic carbocycles. The van der Waals surface area contributed by atoms with Gasteiger partial charge in [0.2, 0.25) is 5.91 Å². The summed E-state index contributed by atoms with van der Waals surface area (Å²) in [5, 5.41) is 3.64. The third-order valence-corrected chi connectivity index (χ3v) is 4.53. The van der Waals surface area contributed by atoms with E-state index in [0.717, 1.165) is 35.2 Å². The number of hydrogen-bond acceptors (Lipinski definition) is 3. The van der Waals surface area contributed by atoms with Crippen LogP contribution in [0.1, 0.15) is 30.5 Å². The van der Waals surface area contributed by atoms with Gasteiger partial charge in [-0.25, -0.2) is 0 Å². The molecule has 26 heavy (non-hydrogen) atoms. The molecule has 0 saturated carbocycles. The fraction of sp³-hybridized carbons (Fsp3) is 0.286. The number of carbonyl (C=O) groups is 1. The number of amides is 1. The van der Waals surface area contributed by atoms with E-state index in [2.05, 4.69) is 12.2 Å². The van der Waals surface area contributed by atoms with E-state index in [1.54, 1.807) is 20.3 Å². The van der Waals surface area contributed by atoms with Crippen LogP contribution in [-0.4, -0.2) is 20.1 Å². The van der Waals surface area contributed by atoms with E-state index in [1.807, 2.05) is 37.3 Å². The number of halogens is 1. The van der Waals surface area contributed by atoms with Crippen LogP contribution in [0.2, 0.25) is 5.02 Å². The lowest BCUT2D eigenvalue weighted by molar-refractivity contribution is -0.111. The number of anilines is 1. The van der Waals surface area contributed by atoms with Crippen molar-refractivity contribution in [3.63, 3.8) is 0 Å². The van der Waals surface area contributed by atoms with Crippen LogP contribution < -0.4 is 14.8 Å². The van der Waals surface area contributed by atoms with Gasteiger partial charge in [-0.2, -0.15) is 0 Å². The predicted octanol–water partition coefficient (Wildman–Crippen LogP) is 5.13. The molecule has 1 N–H and O–H groups in total. The maximum atomic E-state index is 12.5. The lowest BCUT2D eigenvalue weighted by atomic mass is 10.0. The van der Waals surface area contributed by atoms with Crippen molar-refractivity contribution in [3.8, 4) is 11.5 Å². The Balaban J connectivity index is 2.28. The maximum absolute atomic E-state index is 12.5. The van der Waals surface area contributed by atoms with Crippen molar-refractivity contribution in [1.29, 1.82) is 0 Å². The molecule has 0 saturated heterocycles. The van der Waals surface area contributed by atoms with E-state index in [1.165, 1.54) is 6.08 Å². The number of nitrogens with one attached hydrogen (secondary N) is 1. The Labute approximate surface area is 159 Å². The van der Waals surface area contributed by atoms with Crippen LogP contribution in [0, 0.1) is 0 Å². The summed E-state index contributed by atoms with van der Waals surface area (Å²) in [5.41, 5.74) is 3.58. The molecule has 4 nitrogen and oxygen atoms in total. The SMILES string of the molecule is CCc1ccc(Cl)c(CC)c1NC(=O)/C=C/c1cccc(OC)c1OC. The second kappa shape index (κ2) is 9.30. The monoisotopic (exact) mass is 373 g/mol. The molecule has 0 aliphatic rings. The number of ether oxygens (including phenoxy) is 2. The summed E-state index contributed by atoms with van der Waals surface area (Å²) in [4.78, 5) is 12.5. The molecule has 0 atom stereocenters. The summed E-state index contributed by atoms with van der Waals surface area (Å²) >= 11 is 6.29. The first kappa shape index (κ1) is 19.9. The standard InChI is InChI=1S/C21H24ClNO3/c1-5-14-10-12-17(22)16(6-2)20(14)23-19(24)13-11-15-8-7-9-18(25-3)21(15)26-4/h7-13H,5-6H2,1-4H3,(H,23,24)/b13-11+. The van der Waals surface area contributed by atoms with Crippen LogP contribution in [0.4, 0.5) is 5.69 Å². The van der Waals surface area contributed by atoms with Crippen molar-refractivity contribution in [2.24, 2.45) is 0 Å². The number of benzene rings is 2. The summed E-state index contributed by atoms with van der Waals surface area (Å²) in [6.45, 7) is 4.07. The Kier molecular flexibility index (Phi) is 7.10. The molecular formula is C21H24ClNO3. The van der Waals surface area contributed by atoms with Gasteiger partial charge in [-0.15, -0.1) is 0 Å². The molecule has 0 heterocycles. The summed E-state index contributed by atoms with van der Waals surface area (Å²) in [6, 6.07) is 9.35. The molecule has 0 aliphatic heterocycles. The van der Waals surface area contributed by atoms with Crippen LogP contribution in [0.3, 0.4) is 0 Å². The summed E-state index contributed by atoms with van der Waals surface area (Å²) in [7, 11) is 3.15. The van der Waals surface area contributed by atoms with Crippen LogP contribution in [0.15, 0.2) is 36.4 Å². The Morgan fingerprint density at radius 1 is 1.12 bits per heavy atom. The first-order chi connectivity index (χ1) is 12.5. The number of methoxy groups -OCH3 is 2. The van der Waals surface area contributed by atoms with Gasteiger partial charge >= 0.3 is 0 Å². The van der Waals surface area contributed by atoms with E-state index in [9.17, 15) is 4.79 Å². The first-order valence-corrected chi connectivity index (χ1v) is 8.93. The van der Waals surface area contributed by atoms with Gasteiger partial charge in [0.05, 0.1) is 14.2 Å². The molecule has 2 aromatic rings. The minimum atomic E-state index is -0.221. The lowest BCUT2D eigenvalue weighted by Gasteiger charge is -2.15. The van der Waals surface area contributed by atoms with Gasteiger partial charge in [0.1, 0.15) is 0 Å². The van der Waals surface area contributed by atoms with Gasteiger partial charge in [0.25, 0.3) is 0 Å². The van der Waals surface area contributed by atoms with Gasteiger partial charge in [-0.1, -0.05) is 43.6 Å². The maximum Gasteiger partial charge on any atom is 0.248 e. The average Bonchev–Trinajstić information content (AvgIpc) is 2.66. The van der Waals surface area contributed by atoms with E-state index in [0.29, 0.717) is 16.5 Å². The zero-order chi connectivity index (χ0) is 19.1. The van der Waals surface area contributed by atoms with Crippen molar-refractivity contribution in [2.75, 3.05) is 19.5 Å². The predicted molar refractivity (Wildman–Crippen MR) is 107 cm³/mol.